The predicted molar refractivity (Wildman–Crippen MR) is 202 cm³/mol. The lowest BCUT2D eigenvalue weighted by Crippen LogP contribution is -2.38. The Bertz CT molecular complexity index is 1950. The Morgan fingerprint density at radius 1 is 0.824 bits per heavy atom. The van der Waals surface area contributed by atoms with Crippen molar-refractivity contribution in [3.8, 4) is 0 Å². The largest absolute Gasteiger partial charge is 0.397 e. The smallest absolute Gasteiger partial charge is 0.224 e. The van der Waals surface area contributed by atoms with Crippen molar-refractivity contribution in [3.63, 3.8) is 0 Å². The number of nitrogens with one attached hydrogen (secondary N) is 2. The molecule has 9 heteroatoms. The standard InChI is InChI=1S/C42H46N4O5/c1-28(32-22-21-30-9-3-4-10-33(30)23-32)46(2)26-36-25-39(31-19-17-29(27-47)18-20-31)51-42(50-36)34-11-7-12-35(24-34)44-40(48)15-8-16-41(49)45-38-14-6-5-13-37(38)43/h3-7,9-14,17-24,28,36,39,42,47H,8,15-16,25-27,43H2,1-2H3,(H,44,48)(H,45,49)/t28-,36+,39-,42-/m1/s1. The monoisotopic (exact) mass is 686 g/mol. The van der Waals surface area contributed by atoms with Crippen LogP contribution >= 0.6 is 0 Å². The fraction of sp³-hybridized carbons (Fsp3) is 0.286. The first kappa shape index (κ1) is 35.8. The van der Waals surface area contributed by atoms with E-state index in [2.05, 4.69) is 72.0 Å². The van der Waals surface area contributed by atoms with Crippen molar-refractivity contribution in [1.29, 1.82) is 0 Å². The highest BCUT2D eigenvalue weighted by molar-refractivity contribution is 5.95. The average Bonchev–Trinajstić information content (AvgIpc) is 3.15. The van der Waals surface area contributed by atoms with Gasteiger partial charge in [-0.3, -0.25) is 14.5 Å². The van der Waals surface area contributed by atoms with Crippen molar-refractivity contribution in [2.24, 2.45) is 0 Å². The van der Waals surface area contributed by atoms with Gasteiger partial charge in [0.05, 0.1) is 30.2 Å². The zero-order valence-electron chi connectivity index (χ0n) is 29.1. The lowest BCUT2D eigenvalue weighted by Gasteiger charge is -2.39. The number of ether oxygens (including phenoxy) is 2. The topological polar surface area (TPSA) is 126 Å². The number of aliphatic hydroxyl groups is 1. The van der Waals surface area contributed by atoms with Gasteiger partial charge in [0.15, 0.2) is 6.29 Å². The number of aliphatic hydroxyl groups excluding tert-OH is 1. The molecule has 1 heterocycles. The first-order chi connectivity index (χ1) is 24.7. The molecule has 0 aromatic heterocycles. The van der Waals surface area contributed by atoms with Crippen LogP contribution in [0.4, 0.5) is 17.1 Å². The lowest BCUT2D eigenvalue weighted by molar-refractivity contribution is -0.253. The quantitative estimate of drug-likeness (QED) is 0.0928. The second kappa shape index (κ2) is 16.8. The van der Waals surface area contributed by atoms with Crippen molar-refractivity contribution < 1.29 is 24.2 Å². The number of anilines is 3. The summed E-state index contributed by atoms with van der Waals surface area (Å²) in [5.41, 5.74) is 11.5. The molecule has 2 amide bonds. The van der Waals surface area contributed by atoms with Crippen LogP contribution in [0.25, 0.3) is 10.8 Å². The second-order valence-electron chi connectivity index (χ2n) is 13.2. The van der Waals surface area contributed by atoms with Crippen LogP contribution in [0.5, 0.6) is 0 Å². The van der Waals surface area contributed by atoms with Crippen LogP contribution in [-0.4, -0.2) is 41.5 Å². The van der Waals surface area contributed by atoms with Gasteiger partial charge in [-0.1, -0.05) is 84.9 Å². The number of hydrogen-bond acceptors (Lipinski definition) is 7. The molecule has 0 radical (unpaired) electrons. The molecule has 5 aromatic rings. The minimum absolute atomic E-state index is 0.0217. The summed E-state index contributed by atoms with van der Waals surface area (Å²) in [6.45, 7) is 2.87. The van der Waals surface area contributed by atoms with E-state index in [9.17, 15) is 14.7 Å². The number of benzene rings is 5. The molecule has 5 aromatic carbocycles. The summed E-state index contributed by atoms with van der Waals surface area (Å²) in [5.74, 6) is -0.379. The Hall–Kier alpha value is -5.06. The van der Waals surface area contributed by atoms with E-state index >= 15 is 0 Å². The molecule has 0 aliphatic carbocycles. The maximum atomic E-state index is 12.9. The van der Waals surface area contributed by atoms with Crippen LogP contribution in [0, 0.1) is 0 Å². The molecule has 9 nitrogen and oxygen atoms in total. The normalized spacial score (nSPS) is 18.0. The van der Waals surface area contributed by atoms with E-state index in [1.807, 2.05) is 48.5 Å². The summed E-state index contributed by atoms with van der Waals surface area (Å²) < 4.78 is 13.2. The van der Waals surface area contributed by atoms with Crippen molar-refractivity contribution in [3.05, 3.63) is 138 Å². The van der Waals surface area contributed by atoms with Crippen molar-refractivity contribution in [2.75, 3.05) is 30.0 Å². The minimum Gasteiger partial charge on any atom is -0.397 e. The van der Waals surface area contributed by atoms with Gasteiger partial charge in [-0.05, 0) is 78.2 Å². The van der Waals surface area contributed by atoms with Gasteiger partial charge in [0.25, 0.3) is 0 Å². The van der Waals surface area contributed by atoms with E-state index in [-0.39, 0.29) is 49.5 Å². The molecule has 0 bridgehead atoms. The number of carbonyl (C=O) groups excluding carboxylic acids is 2. The summed E-state index contributed by atoms with van der Waals surface area (Å²) in [4.78, 5) is 27.6. The van der Waals surface area contributed by atoms with Gasteiger partial charge in [0.2, 0.25) is 11.8 Å². The highest BCUT2D eigenvalue weighted by Gasteiger charge is 2.33. The number of amides is 2. The second-order valence-corrected chi connectivity index (χ2v) is 13.2. The van der Waals surface area contributed by atoms with Gasteiger partial charge in [-0.2, -0.15) is 0 Å². The summed E-state index contributed by atoms with van der Waals surface area (Å²) in [5, 5.41) is 17.8. The molecule has 51 heavy (non-hydrogen) atoms. The van der Waals surface area contributed by atoms with Crippen LogP contribution < -0.4 is 16.4 Å². The summed E-state index contributed by atoms with van der Waals surface area (Å²) >= 11 is 0. The molecule has 4 atom stereocenters. The Morgan fingerprint density at radius 3 is 2.31 bits per heavy atom. The fourth-order valence-electron chi connectivity index (χ4n) is 6.45. The molecule has 0 saturated carbocycles. The SMILES string of the molecule is C[C@H](c1ccc2ccccc2c1)N(C)C[C@@H]1C[C@H](c2ccc(CO)cc2)O[C@H](c2cccc(NC(=O)CCCC(=O)Nc3ccccc3N)c2)O1. The third-order valence-electron chi connectivity index (χ3n) is 9.51. The third-order valence-corrected chi connectivity index (χ3v) is 9.51. The van der Waals surface area contributed by atoms with E-state index in [0.29, 0.717) is 36.4 Å². The number of hydrogen-bond donors (Lipinski definition) is 4. The molecule has 5 N–H and O–H groups in total. The molecule has 1 aliphatic heterocycles. The highest BCUT2D eigenvalue weighted by Crippen LogP contribution is 2.39. The first-order valence-electron chi connectivity index (χ1n) is 17.5. The molecule has 6 rings (SSSR count). The maximum absolute atomic E-state index is 12.9. The highest BCUT2D eigenvalue weighted by atomic mass is 16.7. The van der Waals surface area contributed by atoms with Gasteiger partial charge in [0.1, 0.15) is 0 Å². The van der Waals surface area contributed by atoms with E-state index in [1.165, 1.54) is 16.3 Å². The van der Waals surface area contributed by atoms with Crippen LogP contribution in [0.15, 0.2) is 115 Å². The van der Waals surface area contributed by atoms with Crippen molar-refractivity contribution in [1.82, 2.24) is 4.90 Å². The zero-order chi connectivity index (χ0) is 35.7. The van der Waals surface area contributed by atoms with Gasteiger partial charge < -0.3 is 30.9 Å². The number of nitrogens with two attached hydrogens (primary N) is 1. The van der Waals surface area contributed by atoms with Gasteiger partial charge in [-0.25, -0.2) is 0 Å². The third kappa shape index (κ3) is 9.39. The zero-order valence-corrected chi connectivity index (χ0v) is 29.1. The Balaban J connectivity index is 1.11. The Kier molecular flexibility index (Phi) is 11.8. The van der Waals surface area contributed by atoms with Crippen LogP contribution in [0.3, 0.4) is 0 Å². The summed E-state index contributed by atoms with van der Waals surface area (Å²) in [7, 11) is 2.12. The molecule has 264 valence electrons. The van der Waals surface area contributed by atoms with Gasteiger partial charge in [-0.15, -0.1) is 0 Å². The van der Waals surface area contributed by atoms with E-state index in [1.54, 1.807) is 24.3 Å². The summed E-state index contributed by atoms with van der Waals surface area (Å²) in [6, 6.07) is 37.6. The Labute approximate surface area is 299 Å². The number of carbonyl (C=O) groups is 2. The summed E-state index contributed by atoms with van der Waals surface area (Å²) in [6.07, 6.45) is 0.390. The van der Waals surface area contributed by atoms with Crippen molar-refractivity contribution >= 4 is 39.6 Å². The number of para-hydroxylation sites is 2. The maximum Gasteiger partial charge on any atom is 0.224 e. The minimum atomic E-state index is -0.665. The lowest BCUT2D eigenvalue weighted by atomic mass is 9.98. The molecular weight excluding hydrogens is 640 g/mol. The predicted octanol–water partition coefficient (Wildman–Crippen LogP) is 7.90. The number of nitrogens with zero attached hydrogens (tertiary/aromatic N) is 1. The number of rotatable bonds is 13. The van der Waals surface area contributed by atoms with Gasteiger partial charge >= 0.3 is 0 Å². The van der Waals surface area contributed by atoms with Crippen molar-refractivity contribution in [2.45, 2.75) is 63.8 Å². The average molecular weight is 687 g/mol. The van der Waals surface area contributed by atoms with E-state index in [4.69, 9.17) is 15.2 Å². The van der Waals surface area contributed by atoms with Crippen LogP contribution in [0.2, 0.25) is 0 Å². The molecule has 1 aliphatic rings. The molecular formula is C42H46N4O5. The Morgan fingerprint density at radius 2 is 1.55 bits per heavy atom. The van der Waals surface area contributed by atoms with Gasteiger partial charge in [0, 0.05) is 43.1 Å². The molecule has 0 unspecified atom stereocenters. The number of likely N-dealkylation sites (N-methyl/N-ethyl adjacent to an activating group) is 1. The number of nitrogen functional groups attached to an aromatic ring is 1. The molecule has 0 spiro atoms. The first-order valence-corrected chi connectivity index (χ1v) is 17.5. The fourth-order valence-corrected chi connectivity index (χ4v) is 6.45. The van der Waals surface area contributed by atoms with E-state index < -0.39 is 6.29 Å². The number of fused-ring (bicyclic) bond motifs is 1. The molecule has 1 fully saturated rings. The van der Waals surface area contributed by atoms with E-state index in [0.717, 1.165) is 16.7 Å². The van der Waals surface area contributed by atoms with Crippen LogP contribution in [0.1, 0.15) is 73.3 Å². The van der Waals surface area contributed by atoms with Crippen LogP contribution in [-0.2, 0) is 25.7 Å². The molecule has 1 saturated heterocycles.